The molecule has 0 saturated heterocycles. The highest BCUT2D eigenvalue weighted by Gasteiger charge is 2.18. The van der Waals surface area contributed by atoms with E-state index in [0.29, 0.717) is 18.9 Å². The van der Waals surface area contributed by atoms with Gasteiger partial charge in [-0.3, -0.25) is 0 Å². The molecular weight excluding hydrogens is 243 g/mol. The van der Waals surface area contributed by atoms with Gasteiger partial charge in [-0.1, -0.05) is 19.9 Å². The van der Waals surface area contributed by atoms with Crippen LogP contribution in [0.5, 0.6) is 0 Å². The van der Waals surface area contributed by atoms with E-state index in [2.05, 4.69) is 4.72 Å². The first-order valence-corrected chi connectivity index (χ1v) is 6.86. The minimum atomic E-state index is -3.72. The van der Waals surface area contributed by atoms with Crippen LogP contribution in [-0.2, 0) is 10.0 Å². The summed E-state index contributed by atoms with van der Waals surface area (Å²) >= 11 is 0. The normalized spacial score (nSPS) is 12.0. The molecule has 0 aliphatic carbocycles. The Hall–Kier alpha value is -1.14. The number of sulfonamides is 1. The Morgan fingerprint density at radius 3 is 2.65 bits per heavy atom. The summed E-state index contributed by atoms with van der Waals surface area (Å²) in [5.74, 6) is -0.334. The second-order valence-electron chi connectivity index (χ2n) is 4.23. The zero-order valence-corrected chi connectivity index (χ0v) is 10.7. The molecule has 0 spiro atoms. The molecule has 0 atom stereocenters. The van der Waals surface area contributed by atoms with Crippen LogP contribution in [0.2, 0.25) is 0 Å². The fourth-order valence-electron chi connectivity index (χ4n) is 1.31. The number of nitrogen functional groups attached to an aromatic ring is 1. The quantitative estimate of drug-likeness (QED) is 0.792. The molecule has 0 fully saturated rings. The molecule has 0 heterocycles. The number of nitrogens with one attached hydrogen (secondary N) is 1. The third kappa shape index (κ3) is 3.67. The Kier molecular flexibility index (Phi) is 4.47. The Balaban J connectivity index is 2.87. The summed E-state index contributed by atoms with van der Waals surface area (Å²) < 4.78 is 39.2. The maximum absolute atomic E-state index is 13.1. The second-order valence-corrected chi connectivity index (χ2v) is 5.97. The molecule has 0 aliphatic rings. The Labute approximate surface area is 101 Å². The molecule has 6 heteroatoms. The van der Waals surface area contributed by atoms with Crippen LogP contribution < -0.4 is 10.5 Å². The van der Waals surface area contributed by atoms with E-state index in [1.54, 1.807) is 0 Å². The number of rotatable bonds is 5. The molecule has 0 amide bonds. The van der Waals surface area contributed by atoms with E-state index in [4.69, 9.17) is 5.73 Å². The van der Waals surface area contributed by atoms with Gasteiger partial charge in [0.1, 0.15) is 10.7 Å². The van der Waals surface area contributed by atoms with Crippen molar-refractivity contribution < 1.29 is 12.8 Å². The molecule has 0 saturated carbocycles. The minimum Gasteiger partial charge on any atom is -0.395 e. The smallest absolute Gasteiger partial charge is 0.242 e. The number of halogens is 1. The molecule has 1 aromatic rings. The van der Waals surface area contributed by atoms with Gasteiger partial charge in [-0.15, -0.1) is 0 Å². The van der Waals surface area contributed by atoms with Crippen LogP contribution in [0.4, 0.5) is 10.1 Å². The molecule has 1 aromatic carbocycles. The number of benzene rings is 1. The largest absolute Gasteiger partial charge is 0.395 e. The van der Waals surface area contributed by atoms with Crippen molar-refractivity contribution in [1.29, 1.82) is 0 Å². The number of para-hydroxylation sites is 1. The zero-order chi connectivity index (χ0) is 13.1. The third-order valence-corrected chi connectivity index (χ3v) is 3.84. The lowest BCUT2D eigenvalue weighted by atomic mass is 10.1. The summed E-state index contributed by atoms with van der Waals surface area (Å²) in [7, 11) is -3.72. The molecule has 17 heavy (non-hydrogen) atoms. The molecule has 0 aromatic heterocycles. The number of anilines is 1. The van der Waals surface area contributed by atoms with Crippen molar-refractivity contribution in [1.82, 2.24) is 4.72 Å². The monoisotopic (exact) mass is 260 g/mol. The molecule has 0 unspecified atom stereocenters. The van der Waals surface area contributed by atoms with Gasteiger partial charge < -0.3 is 5.73 Å². The average molecular weight is 260 g/mol. The van der Waals surface area contributed by atoms with Crippen LogP contribution >= 0.6 is 0 Å². The van der Waals surface area contributed by atoms with E-state index >= 15 is 0 Å². The van der Waals surface area contributed by atoms with Gasteiger partial charge in [-0.2, -0.15) is 0 Å². The first kappa shape index (κ1) is 13.9. The predicted octanol–water partition coefficient (Wildman–Crippen LogP) is 1.73. The minimum absolute atomic E-state index is 0.207. The van der Waals surface area contributed by atoms with Crippen molar-refractivity contribution >= 4 is 15.7 Å². The summed E-state index contributed by atoms with van der Waals surface area (Å²) in [5, 5.41) is 0. The van der Waals surface area contributed by atoms with Gasteiger partial charge in [0.25, 0.3) is 0 Å². The van der Waals surface area contributed by atoms with E-state index in [-0.39, 0.29) is 10.6 Å². The van der Waals surface area contributed by atoms with E-state index in [1.165, 1.54) is 12.1 Å². The fraction of sp³-hybridized carbons (Fsp3) is 0.455. The van der Waals surface area contributed by atoms with Crippen LogP contribution in [0, 0.1) is 11.7 Å². The van der Waals surface area contributed by atoms with Crippen molar-refractivity contribution in [2.24, 2.45) is 5.92 Å². The molecule has 0 aliphatic heterocycles. The molecular formula is C11H17FN2O2S. The summed E-state index contributed by atoms with van der Waals surface area (Å²) in [6.07, 6.45) is 0.717. The van der Waals surface area contributed by atoms with Crippen LogP contribution in [0.25, 0.3) is 0 Å². The standard InChI is InChI=1S/C11H17FN2O2S/c1-8(2)6-7-14-17(15,16)10-5-3-4-9(12)11(10)13/h3-5,8,14H,6-7,13H2,1-2H3. The van der Waals surface area contributed by atoms with Crippen LogP contribution in [0.15, 0.2) is 23.1 Å². The predicted molar refractivity (Wildman–Crippen MR) is 65.5 cm³/mol. The second kappa shape index (κ2) is 5.46. The first-order valence-electron chi connectivity index (χ1n) is 5.38. The van der Waals surface area contributed by atoms with Crippen LogP contribution in [-0.4, -0.2) is 15.0 Å². The maximum atomic E-state index is 13.1. The Morgan fingerprint density at radius 1 is 1.41 bits per heavy atom. The summed E-state index contributed by atoms with van der Waals surface area (Å²) in [6.45, 7) is 4.30. The zero-order valence-electron chi connectivity index (χ0n) is 9.90. The Morgan fingerprint density at radius 2 is 2.06 bits per heavy atom. The highest BCUT2D eigenvalue weighted by molar-refractivity contribution is 7.89. The van der Waals surface area contributed by atoms with Gasteiger partial charge in [0.05, 0.1) is 5.69 Å². The van der Waals surface area contributed by atoms with E-state index in [1.807, 2.05) is 13.8 Å². The van der Waals surface area contributed by atoms with Crippen LogP contribution in [0.3, 0.4) is 0 Å². The molecule has 96 valence electrons. The number of hydrogen-bond donors (Lipinski definition) is 2. The van der Waals surface area contributed by atoms with Gasteiger partial charge in [0, 0.05) is 6.54 Å². The lowest BCUT2D eigenvalue weighted by Crippen LogP contribution is -2.26. The lowest BCUT2D eigenvalue weighted by molar-refractivity contribution is 0.551. The highest BCUT2D eigenvalue weighted by Crippen LogP contribution is 2.20. The van der Waals surface area contributed by atoms with E-state index in [9.17, 15) is 12.8 Å². The van der Waals surface area contributed by atoms with Gasteiger partial charge >= 0.3 is 0 Å². The lowest BCUT2D eigenvalue weighted by Gasteiger charge is -2.10. The highest BCUT2D eigenvalue weighted by atomic mass is 32.2. The third-order valence-electron chi connectivity index (χ3n) is 2.32. The van der Waals surface area contributed by atoms with Crippen LogP contribution in [0.1, 0.15) is 20.3 Å². The molecule has 3 N–H and O–H groups in total. The SMILES string of the molecule is CC(C)CCNS(=O)(=O)c1cccc(F)c1N. The fourth-order valence-corrected chi connectivity index (χ4v) is 2.50. The van der Waals surface area contributed by atoms with Crippen molar-refractivity contribution in [2.75, 3.05) is 12.3 Å². The maximum Gasteiger partial charge on any atom is 0.242 e. The summed E-state index contributed by atoms with van der Waals surface area (Å²) in [6, 6.07) is 3.74. The van der Waals surface area contributed by atoms with Gasteiger partial charge in [-0.25, -0.2) is 17.5 Å². The summed E-state index contributed by atoms with van der Waals surface area (Å²) in [4.78, 5) is -0.207. The molecule has 0 radical (unpaired) electrons. The first-order chi connectivity index (χ1) is 7.84. The van der Waals surface area contributed by atoms with Crippen molar-refractivity contribution in [3.05, 3.63) is 24.0 Å². The number of hydrogen-bond acceptors (Lipinski definition) is 3. The van der Waals surface area contributed by atoms with E-state index < -0.39 is 15.8 Å². The van der Waals surface area contributed by atoms with Gasteiger partial charge in [0.2, 0.25) is 10.0 Å². The van der Waals surface area contributed by atoms with Crippen molar-refractivity contribution in [3.63, 3.8) is 0 Å². The molecule has 4 nitrogen and oxygen atoms in total. The average Bonchev–Trinajstić information content (AvgIpc) is 2.21. The topological polar surface area (TPSA) is 72.2 Å². The summed E-state index contributed by atoms with van der Waals surface area (Å²) in [5.41, 5.74) is 5.06. The van der Waals surface area contributed by atoms with Gasteiger partial charge in [-0.05, 0) is 24.5 Å². The van der Waals surface area contributed by atoms with Crippen molar-refractivity contribution in [2.45, 2.75) is 25.2 Å². The number of nitrogens with two attached hydrogens (primary N) is 1. The van der Waals surface area contributed by atoms with Crippen molar-refractivity contribution in [3.8, 4) is 0 Å². The molecule has 0 bridgehead atoms. The van der Waals surface area contributed by atoms with Gasteiger partial charge in [0.15, 0.2) is 0 Å². The Bertz CT molecular complexity index is 486. The molecule has 1 rings (SSSR count). The van der Waals surface area contributed by atoms with E-state index in [0.717, 1.165) is 6.07 Å².